The van der Waals surface area contributed by atoms with Gasteiger partial charge in [0, 0.05) is 13.2 Å². The Morgan fingerprint density at radius 3 is 2.68 bits per heavy atom. The molecule has 2 aliphatic heterocycles. The molecule has 3 atom stereocenters. The fourth-order valence-corrected chi connectivity index (χ4v) is 3.78. The Bertz CT molecular complexity index is 333. The first-order valence-corrected chi connectivity index (χ1v) is 7.69. The third-order valence-electron chi connectivity index (χ3n) is 5.04. The zero-order valence-corrected chi connectivity index (χ0v) is 11.5. The van der Waals surface area contributed by atoms with Crippen LogP contribution in [0.15, 0.2) is 0 Å². The molecule has 4 heteroatoms. The number of carbonyl (C=O) groups is 1. The molecule has 1 saturated carbocycles. The maximum absolute atomic E-state index is 11.8. The van der Waals surface area contributed by atoms with Gasteiger partial charge in [-0.1, -0.05) is 0 Å². The molecule has 0 aromatic carbocycles. The molecule has 0 aromatic rings. The molecule has 0 radical (unpaired) electrons. The Balaban J connectivity index is 1.58. The predicted octanol–water partition coefficient (Wildman–Crippen LogP) is 2.61. The molecule has 4 nitrogen and oxygen atoms in total. The summed E-state index contributed by atoms with van der Waals surface area (Å²) in [6, 6.07) is 0. The molecule has 1 aliphatic carbocycles. The largest absolute Gasteiger partial charge is 0.481 e. The Morgan fingerprint density at radius 2 is 2.05 bits per heavy atom. The van der Waals surface area contributed by atoms with E-state index < -0.39 is 11.4 Å². The van der Waals surface area contributed by atoms with Crippen LogP contribution in [-0.2, 0) is 14.3 Å². The first-order valence-electron chi connectivity index (χ1n) is 7.69. The quantitative estimate of drug-likeness (QED) is 0.804. The van der Waals surface area contributed by atoms with Crippen molar-refractivity contribution in [1.29, 1.82) is 0 Å². The van der Waals surface area contributed by atoms with Crippen LogP contribution < -0.4 is 0 Å². The van der Waals surface area contributed by atoms with Gasteiger partial charge in [0.25, 0.3) is 0 Å². The number of hydrogen-bond acceptors (Lipinski definition) is 3. The SMILES string of the molecule is O=C(O)C1(CCCC2CCCO2)CCOC1C1CC1. The zero-order chi connectivity index (χ0) is 13.3. The van der Waals surface area contributed by atoms with Crippen LogP contribution in [0.1, 0.15) is 51.4 Å². The topological polar surface area (TPSA) is 55.8 Å². The summed E-state index contributed by atoms with van der Waals surface area (Å²) < 4.78 is 11.4. The summed E-state index contributed by atoms with van der Waals surface area (Å²) in [7, 11) is 0. The van der Waals surface area contributed by atoms with Gasteiger partial charge >= 0.3 is 5.97 Å². The van der Waals surface area contributed by atoms with Gasteiger partial charge in [-0.15, -0.1) is 0 Å². The van der Waals surface area contributed by atoms with E-state index in [2.05, 4.69) is 0 Å². The van der Waals surface area contributed by atoms with E-state index in [1.165, 1.54) is 0 Å². The number of rotatable bonds is 6. The first-order chi connectivity index (χ1) is 9.22. The van der Waals surface area contributed by atoms with Gasteiger partial charge < -0.3 is 14.6 Å². The molecule has 19 heavy (non-hydrogen) atoms. The molecule has 2 heterocycles. The Kier molecular flexibility index (Phi) is 3.81. The summed E-state index contributed by atoms with van der Waals surface area (Å²) in [6.07, 6.45) is 8.32. The molecule has 3 aliphatic rings. The lowest BCUT2D eigenvalue weighted by Gasteiger charge is -2.30. The van der Waals surface area contributed by atoms with Crippen molar-refractivity contribution in [2.24, 2.45) is 11.3 Å². The number of aliphatic carboxylic acids is 1. The van der Waals surface area contributed by atoms with Crippen LogP contribution in [0.2, 0.25) is 0 Å². The molecule has 1 N–H and O–H groups in total. The molecule has 3 unspecified atom stereocenters. The van der Waals surface area contributed by atoms with Gasteiger partial charge in [-0.25, -0.2) is 0 Å². The number of hydrogen-bond donors (Lipinski definition) is 1. The fraction of sp³-hybridized carbons (Fsp3) is 0.933. The summed E-state index contributed by atoms with van der Waals surface area (Å²) in [5.41, 5.74) is -0.611. The van der Waals surface area contributed by atoms with Gasteiger partial charge in [-0.05, 0) is 57.3 Å². The van der Waals surface area contributed by atoms with Crippen LogP contribution in [0.4, 0.5) is 0 Å². The standard InChI is InChI=1S/C15H24O4/c16-14(17)15(7-1-3-12-4-2-9-18-12)8-10-19-13(15)11-5-6-11/h11-13H,1-10H2,(H,16,17). The Labute approximate surface area is 114 Å². The monoisotopic (exact) mass is 268 g/mol. The van der Waals surface area contributed by atoms with Gasteiger partial charge in [0.1, 0.15) is 0 Å². The highest BCUT2D eigenvalue weighted by Gasteiger charge is 2.55. The van der Waals surface area contributed by atoms with Crippen LogP contribution >= 0.6 is 0 Å². The van der Waals surface area contributed by atoms with E-state index in [1.807, 2.05) is 0 Å². The zero-order valence-electron chi connectivity index (χ0n) is 11.5. The molecule has 3 rings (SSSR count). The third-order valence-corrected chi connectivity index (χ3v) is 5.04. The maximum atomic E-state index is 11.8. The molecular weight excluding hydrogens is 244 g/mol. The average Bonchev–Trinajstić information content (AvgIpc) is 2.92. The highest BCUT2D eigenvalue weighted by Crippen LogP contribution is 2.50. The number of carboxylic acids is 1. The van der Waals surface area contributed by atoms with Crippen molar-refractivity contribution >= 4 is 5.97 Å². The fourth-order valence-electron chi connectivity index (χ4n) is 3.78. The van der Waals surface area contributed by atoms with Crippen LogP contribution in [-0.4, -0.2) is 36.5 Å². The molecule has 108 valence electrons. The Morgan fingerprint density at radius 1 is 1.21 bits per heavy atom. The van der Waals surface area contributed by atoms with Crippen LogP contribution in [0.3, 0.4) is 0 Å². The highest BCUT2D eigenvalue weighted by molar-refractivity contribution is 5.76. The second kappa shape index (κ2) is 5.41. The van der Waals surface area contributed by atoms with Crippen molar-refractivity contribution in [2.45, 2.75) is 63.6 Å². The van der Waals surface area contributed by atoms with Crippen LogP contribution in [0.5, 0.6) is 0 Å². The maximum Gasteiger partial charge on any atom is 0.312 e. The molecule has 0 amide bonds. The van der Waals surface area contributed by atoms with Crippen LogP contribution in [0.25, 0.3) is 0 Å². The van der Waals surface area contributed by atoms with Crippen molar-refractivity contribution < 1.29 is 19.4 Å². The summed E-state index contributed by atoms with van der Waals surface area (Å²) in [6.45, 7) is 1.50. The third kappa shape index (κ3) is 2.65. The van der Waals surface area contributed by atoms with Gasteiger partial charge in [0.2, 0.25) is 0 Å². The van der Waals surface area contributed by atoms with Gasteiger partial charge in [0.05, 0.1) is 17.6 Å². The normalized spacial score (nSPS) is 38.7. The summed E-state index contributed by atoms with van der Waals surface area (Å²) in [5.74, 6) is -0.143. The molecule has 0 bridgehead atoms. The predicted molar refractivity (Wildman–Crippen MR) is 70.0 cm³/mol. The summed E-state index contributed by atoms with van der Waals surface area (Å²) in [5, 5.41) is 9.69. The highest BCUT2D eigenvalue weighted by atomic mass is 16.5. The molecular formula is C15H24O4. The smallest absolute Gasteiger partial charge is 0.312 e. The van der Waals surface area contributed by atoms with Crippen molar-refractivity contribution in [3.8, 4) is 0 Å². The van der Waals surface area contributed by atoms with Gasteiger partial charge in [-0.2, -0.15) is 0 Å². The Hall–Kier alpha value is -0.610. The van der Waals surface area contributed by atoms with E-state index in [0.29, 0.717) is 25.0 Å². The molecule has 2 saturated heterocycles. The second-order valence-electron chi connectivity index (χ2n) is 6.37. The molecule has 0 aromatic heterocycles. The van der Waals surface area contributed by atoms with Crippen molar-refractivity contribution in [3.63, 3.8) is 0 Å². The van der Waals surface area contributed by atoms with E-state index in [0.717, 1.165) is 51.6 Å². The molecule has 0 spiro atoms. The minimum Gasteiger partial charge on any atom is -0.481 e. The first kappa shape index (κ1) is 13.4. The average molecular weight is 268 g/mol. The van der Waals surface area contributed by atoms with Crippen molar-refractivity contribution in [2.75, 3.05) is 13.2 Å². The molecule has 3 fully saturated rings. The van der Waals surface area contributed by atoms with Crippen molar-refractivity contribution in [1.82, 2.24) is 0 Å². The number of carboxylic acid groups (broad SMARTS) is 1. The van der Waals surface area contributed by atoms with E-state index in [-0.39, 0.29) is 6.10 Å². The lowest BCUT2D eigenvalue weighted by Crippen LogP contribution is -2.40. The number of ether oxygens (including phenoxy) is 2. The van der Waals surface area contributed by atoms with E-state index in [1.54, 1.807) is 0 Å². The minimum atomic E-state index is -0.644. The van der Waals surface area contributed by atoms with E-state index >= 15 is 0 Å². The van der Waals surface area contributed by atoms with Gasteiger partial charge in [0.15, 0.2) is 0 Å². The summed E-state index contributed by atoms with van der Waals surface area (Å²) >= 11 is 0. The van der Waals surface area contributed by atoms with Crippen molar-refractivity contribution in [3.05, 3.63) is 0 Å². The van der Waals surface area contributed by atoms with E-state index in [4.69, 9.17) is 9.47 Å². The van der Waals surface area contributed by atoms with E-state index in [9.17, 15) is 9.90 Å². The summed E-state index contributed by atoms with van der Waals surface area (Å²) in [4.78, 5) is 11.8. The van der Waals surface area contributed by atoms with Gasteiger partial charge in [-0.3, -0.25) is 4.79 Å². The minimum absolute atomic E-state index is 0.0329. The lowest BCUT2D eigenvalue weighted by molar-refractivity contribution is -0.154. The van der Waals surface area contributed by atoms with Crippen LogP contribution in [0, 0.1) is 11.3 Å². The second-order valence-corrected chi connectivity index (χ2v) is 6.37. The lowest BCUT2D eigenvalue weighted by atomic mass is 9.74.